The highest BCUT2D eigenvalue weighted by molar-refractivity contribution is 5.71. The molecule has 0 saturated carbocycles. The minimum Gasteiger partial charge on any atom is -0.462 e. The summed E-state index contributed by atoms with van der Waals surface area (Å²) in [5.74, 6) is -0.988. The average molecular weight is 849 g/mol. The van der Waals surface area contributed by atoms with Crippen LogP contribution in [-0.4, -0.2) is 37.2 Å². The van der Waals surface area contributed by atoms with Gasteiger partial charge in [-0.2, -0.15) is 0 Å². The second-order valence-corrected chi connectivity index (χ2v) is 16.3. The molecule has 0 bridgehead atoms. The Morgan fingerprint density at radius 2 is 0.639 bits per heavy atom. The predicted molar refractivity (Wildman–Crippen MR) is 261 cm³/mol. The second-order valence-electron chi connectivity index (χ2n) is 16.3. The summed E-state index contributed by atoms with van der Waals surface area (Å²) in [5, 5.41) is 0. The van der Waals surface area contributed by atoms with Crippen LogP contribution in [0.2, 0.25) is 0 Å². The van der Waals surface area contributed by atoms with Crippen molar-refractivity contribution >= 4 is 17.9 Å². The van der Waals surface area contributed by atoms with Crippen molar-refractivity contribution in [2.24, 2.45) is 0 Å². The van der Waals surface area contributed by atoms with Gasteiger partial charge in [0.05, 0.1) is 0 Å². The normalized spacial score (nSPS) is 12.8. The summed E-state index contributed by atoms with van der Waals surface area (Å²) in [4.78, 5) is 37.9. The highest BCUT2D eigenvalue weighted by Gasteiger charge is 2.19. The van der Waals surface area contributed by atoms with Crippen molar-refractivity contribution in [3.8, 4) is 0 Å². The lowest BCUT2D eigenvalue weighted by atomic mass is 10.0. The van der Waals surface area contributed by atoms with Crippen LogP contribution in [-0.2, 0) is 28.6 Å². The maximum Gasteiger partial charge on any atom is 0.306 e. The minimum atomic E-state index is -0.811. The van der Waals surface area contributed by atoms with Gasteiger partial charge in [-0.15, -0.1) is 0 Å². The molecule has 0 aliphatic carbocycles. The maximum absolute atomic E-state index is 12.8. The fourth-order valence-electron chi connectivity index (χ4n) is 6.61. The van der Waals surface area contributed by atoms with E-state index in [0.717, 1.165) is 89.9 Å². The van der Waals surface area contributed by atoms with Gasteiger partial charge in [0, 0.05) is 19.3 Å². The number of esters is 3. The molecule has 0 aromatic carbocycles. The number of hydrogen-bond acceptors (Lipinski definition) is 6. The van der Waals surface area contributed by atoms with E-state index in [-0.39, 0.29) is 37.5 Å². The van der Waals surface area contributed by atoms with Crippen LogP contribution in [0.5, 0.6) is 0 Å². The van der Waals surface area contributed by atoms with E-state index in [2.05, 4.69) is 106 Å². The molecule has 6 nitrogen and oxygen atoms in total. The van der Waals surface area contributed by atoms with E-state index >= 15 is 0 Å². The van der Waals surface area contributed by atoms with Crippen molar-refractivity contribution in [3.05, 3.63) is 85.1 Å². The van der Waals surface area contributed by atoms with Gasteiger partial charge in [-0.05, 0) is 96.3 Å². The molecule has 0 spiro atoms. The number of ether oxygens (including phenoxy) is 3. The van der Waals surface area contributed by atoms with E-state index in [1.54, 1.807) is 0 Å². The molecule has 0 unspecified atom stereocenters. The number of carbonyl (C=O) groups excluding carboxylic acids is 3. The Morgan fingerprint density at radius 3 is 1.03 bits per heavy atom. The van der Waals surface area contributed by atoms with Gasteiger partial charge in [-0.3, -0.25) is 14.4 Å². The third kappa shape index (κ3) is 47.5. The maximum atomic E-state index is 12.8. The average Bonchev–Trinajstić information content (AvgIpc) is 3.26. The molecule has 0 heterocycles. The Bertz CT molecular complexity index is 1200. The Hall–Kier alpha value is -3.41. The zero-order chi connectivity index (χ0) is 44.4. The van der Waals surface area contributed by atoms with Gasteiger partial charge in [-0.25, -0.2) is 0 Å². The van der Waals surface area contributed by atoms with E-state index in [1.165, 1.54) is 89.9 Å². The fourth-order valence-corrected chi connectivity index (χ4v) is 6.61. The summed E-state index contributed by atoms with van der Waals surface area (Å²) in [6.07, 6.45) is 62.8. The molecule has 0 rings (SSSR count). The first-order valence-corrected chi connectivity index (χ1v) is 25.1. The van der Waals surface area contributed by atoms with Crippen LogP contribution in [0.3, 0.4) is 0 Å². The highest BCUT2D eigenvalue weighted by Crippen LogP contribution is 2.14. The van der Waals surface area contributed by atoms with E-state index in [0.29, 0.717) is 19.3 Å². The molecule has 0 aliphatic rings. The number of carbonyl (C=O) groups is 3. The topological polar surface area (TPSA) is 78.9 Å². The molecule has 0 fully saturated rings. The Kier molecular flexibility index (Phi) is 46.5. The lowest BCUT2D eigenvalue weighted by Crippen LogP contribution is -2.30. The smallest absolute Gasteiger partial charge is 0.306 e. The monoisotopic (exact) mass is 849 g/mol. The molecular formula is C55H92O6. The molecule has 0 N–H and O–H groups in total. The van der Waals surface area contributed by atoms with E-state index in [1.807, 2.05) is 0 Å². The standard InChI is InChI=1S/C55H92O6/c1-4-7-10-13-16-19-22-25-27-30-33-36-39-42-45-48-54(57)60-51-52(50-59-53(56)47-44-41-38-35-32-29-24-21-18-15-12-9-6-3)61-55(58)49-46-43-40-37-34-31-28-26-23-20-17-14-11-8-5-2/h7,10,16-17,19-20,25-28,33-34,36-37,52H,4-6,8-9,11-15,18,21-24,29-32,35,38-51H2,1-3H3/b10-7-,19-16-,20-17-,27-25-,28-26-,36-33-,37-34-/t52-/m1/s1. The first-order chi connectivity index (χ1) is 30.0. The zero-order valence-electron chi connectivity index (χ0n) is 39.7. The molecule has 1 atom stereocenters. The third-order valence-corrected chi connectivity index (χ3v) is 10.4. The molecule has 0 radical (unpaired) electrons. The lowest BCUT2D eigenvalue weighted by Gasteiger charge is -2.18. The van der Waals surface area contributed by atoms with E-state index < -0.39 is 6.10 Å². The molecule has 61 heavy (non-hydrogen) atoms. The third-order valence-electron chi connectivity index (χ3n) is 10.4. The van der Waals surface area contributed by atoms with Gasteiger partial charge >= 0.3 is 17.9 Å². The minimum absolute atomic E-state index is 0.104. The first-order valence-electron chi connectivity index (χ1n) is 25.1. The van der Waals surface area contributed by atoms with E-state index in [9.17, 15) is 14.4 Å². The number of unbranched alkanes of at least 4 members (excludes halogenated alkanes) is 19. The van der Waals surface area contributed by atoms with Gasteiger partial charge in [0.1, 0.15) is 13.2 Å². The van der Waals surface area contributed by atoms with Crippen LogP contribution < -0.4 is 0 Å². The number of rotatable bonds is 44. The zero-order valence-corrected chi connectivity index (χ0v) is 39.7. The van der Waals surface area contributed by atoms with Crippen molar-refractivity contribution in [2.75, 3.05) is 13.2 Å². The second kappa shape index (κ2) is 49.2. The van der Waals surface area contributed by atoms with Crippen LogP contribution in [0.15, 0.2) is 85.1 Å². The summed E-state index contributed by atoms with van der Waals surface area (Å²) >= 11 is 0. The molecule has 0 aromatic heterocycles. The summed E-state index contributed by atoms with van der Waals surface area (Å²) in [6.45, 7) is 6.42. The van der Waals surface area contributed by atoms with Gasteiger partial charge < -0.3 is 14.2 Å². The molecule has 0 saturated heterocycles. The largest absolute Gasteiger partial charge is 0.462 e. The van der Waals surface area contributed by atoms with Crippen LogP contribution in [0, 0.1) is 0 Å². The van der Waals surface area contributed by atoms with Gasteiger partial charge in [0.2, 0.25) is 0 Å². The van der Waals surface area contributed by atoms with Crippen molar-refractivity contribution in [2.45, 2.75) is 232 Å². The summed E-state index contributed by atoms with van der Waals surface area (Å²) in [6, 6.07) is 0. The van der Waals surface area contributed by atoms with Gasteiger partial charge in [-0.1, -0.05) is 196 Å². The summed E-state index contributed by atoms with van der Waals surface area (Å²) < 4.78 is 16.7. The lowest BCUT2D eigenvalue weighted by molar-refractivity contribution is -0.167. The van der Waals surface area contributed by atoms with Crippen LogP contribution in [0.1, 0.15) is 226 Å². The fraction of sp³-hybridized carbons (Fsp3) is 0.691. The molecule has 0 amide bonds. The summed E-state index contributed by atoms with van der Waals surface area (Å²) in [5.41, 5.74) is 0. The van der Waals surface area contributed by atoms with Crippen LogP contribution >= 0.6 is 0 Å². The quantitative estimate of drug-likeness (QED) is 0.0263. The van der Waals surface area contributed by atoms with Crippen molar-refractivity contribution in [1.82, 2.24) is 0 Å². The predicted octanol–water partition coefficient (Wildman–Crippen LogP) is 16.4. The Labute approximate surface area is 375 Å². The number of hydrogen-bond donors (Lipinski definition) is 0. The van der Waals surface area contributed by atoms with Crippen molar-refractivity contribution < 1.29 is 28.6 Å². The molecule has 0 aliphatic heterocycles. The first kappa shape index (κ1) is 57.6. The van der Waals surface area contributed by atoms with Gasteiger partial charge in [0.15, 0.2) is 6.10 Å². The van der Waals surface area contributed by atoms with Gasteiger partial charge in [0.25, 0.3) is 0 Å². The Balaban J connectivity index is 4.52. The SMILES string of the molecule is CC/C=C\C/C=C\C/C=C\C/C=C\CCCCC(=O)OC[C@@H](COC(=O)CCCCCCCCCCCCCCC)OC(=O)CCCC/C=C\C/C=C\C/C=C\CCCCC. The molecule has 348 valence electrons. The highest BCUT2D eigenvalue weighted by atomic mass is 16.6. The summed E-state index contributed by atoms with van der Waals surface area (Å²) in [7, 11) is 0. The van der Waals surface area contributed by atoms with Crippen LogP contribution in [0.4, 0.5) is 0 Å². The van der Waals surface area contributed by atoms with E-state index in [4.69, 9.17) is 14.2 Å². The number of allylic oxidation sites excluding steroid dienone is 14. The molecule has 0 aromatic rings. The molecular weight excluding hydrogens is 757 g/mol. The van der Waals surface area contributed by atoms with Crippen LogP contribution in [0.25, 0.3) is 0 Å². The van der Waals surface area contributed by atoms with Crippen molar-refractivity contribution in [3.63, 3.8) is 0 Å². The van der Waals surface area contributed by atoms with Crippen molar-refractivity contribution in [1.29, 1.82) is 0 Å². The Morgan fingerprint density at radius 1 is 0.344 bits per heavy atom. The molecule has 6 heteroatoms.